The van der Waals surface area contributed by atoms with Gasteiger partial charge < -0.3 is 15.1 Å². The fourth-order valence-electron chi connectivity index (χ4n) is 2.93. The Labute approximate surface area is 148 Å². The van der Waals surface area contributed by atoms with Gasteiger partial charge in [0.1, 0.15) is 5.69 Å². The third-order valence-corrected chi connectivity index (χ3v) is 4.40. The average Bonchev–Trinajstić information content (AvgIpc) is 2.60. The van der Waals surface area contributed by atoms with E-state index in [9.17, 15) is 4.79 Å². The highest BCUT2D eigenvalue weighted by Gasteiger charge is 2.22. The molecule has 6 nitrogen and oxygen atoms in total. The Morgan fingerprint density at radius 2 is 1.88 bits per heavy atom. The summed E-state index contributed by atoms with van der Waals surface area (Å²) in [6.45, 7) is 7.87. The summed E-state index contributed by atoms with van der Waals surface area (Å²) >= 11 is 0. The highest BCUT2D eigenvalue weighted by atomic mass is 16.2. The van der Waals surface area contributed by atoms with Crippen LogP contribution in [0.2, 0.25) is 0 Å². The van der Waals surface area contributed by atoms with E-state index in [1.54, 1.807) is 6.07 Å². The van der Waals surface area contributed by atoms with Gasteiger partial charge in [0.15, 0.2) is 0 Å². The minimum Gasteiger partial charge on any atom is -0.350 e. The molecule has 0 unspecified atom stereocenters. The third-order valence-electron chi connectivity index (χ3n) is 4.40. The number of nitrogens with one attached hydrogen (secondary N) is 1. The van der Waals surface area contributed by atoms with Gasteiger partial charge in [-0.2, -0.15) is 0 Å². The van der Waals surface area contributed by atoms with Gasteiger partial charge in [-0.05, 0) is 32.5 Å². The van der Waals surface area contributed by atoms with Gasteiger partial charge in [0.05, 0.1) is 0 Å². The highest BCUT2D eigenvalue weighted by molar-refractivity contribution is 5.92. The van der Waals surface area contributed by atoms with Crippen molar-refractivity contribution < 1.29 is 4.79 Å². The lowest BCUT2D eigenvalue weighted by molar-refractivity contribution is 0.0658. The van der Waals surface area contributed by atoms with Crippen LogP contribution in [0.15, 0.2) is 30.3 Å². The van der Waals surface area contributed by atoms with E-state index >= 15 is 0 Å². The standard InChI is InChI=1S/C19H25N5O/c1-14-5-4-6-16(11-14)13-20-19-21-15(2)12-17(22-19)18(25)24-9-7-23(3)8-10-24/h4-6,11-12H,7-10,13H2,1-3H3,(H,20,21,22). The van der Waals surface area contributed by atoms with Crippen LogP contribution in [0.4, 0.5) is 5.95 Å². The molecular weight excluding hydrogens is 314 g/mol. The van der Waals surface area contributed by atoms with Gasteiger partial charge in [-0.15, -0.1) is 0 Å². The van der Waals surface area contributed by atoms with E-state index < -0.39 is 0 Å². The predicted molar refractivity (Wildman–Crippen MR) is 98.7 cm³/mol. The summed E-state index contributed by atoms with van der Waals surface area (Å²) in [5, 5.41) is 3.23. The second-order valence-corrected chi connectivity index (χ2v) is 6.66. The molecule has 1 saturated heterocycles. The van der Waals surface area contributed by atoms with Crippen LogP contribution in [0.1, 0.15) is 27.3 Å². The van der Waals surface area contributed by atoms with Crippen molar-refractivity contribution in [1.29, 1.82) is 0 Å². The Kier molecular flexibility index (Phi) is 5.28. The number of hydrogen-bond donors (Lipinski definition) is 1. The van der Waals surface area contributed by atoms with Crippen molar-refractivity contribution in [3.05, 3.63) is 52.8 Å². The van der Waals surface area contributed by atoms with Crippen molar-refractivity contribution in [2.75, 3.05) is 38.5 Å². The minimum atomic E-state index is -0.0165. The first-order valence-corrected chi connectivity index (χ1v) is 8.64. The fourth-order valence-corrected chi connectivity index (χ4v) is 2.93. The van der Waals surface area contributed by atoms with Crippen LogP contribution in [0.3, 0.4) is 0 Å². The number of benzene rings is 1. The van der Waals surface area contributed by atoms with Crippen LogP contribution in [-0.2, 0) is 6.54 Å². The van der Waals surface area contributed by atoms with Gasteiger partial charge in [-0.1, -0.05) is 29.8 Å². The Morgan fingerprint density at radius 3 is 2.60 bits per heavy atom. The lowest BCUT2D eigenvalue weighted by Crippen LogP contribution is -2.47. The van der Waals surface area contributed by atoms with Crippen molar-refractivity contribution in [3.63, 3.8) is 0 Å². The van der Waals surface area contributed by atoms with Crippen molar-refractivity contribution >= 4 is 11.9 Å². The lowest BCUT2D eigenvalue weighted by Gasteiger charge is -2.32. The molecule has 132 valence electrons. The first-order chi connectivity index (χ1) is 12.0. The van der Waals surface area contributed by atoms with E-state index in [0.717, 1.165) is 37.4 Å². The van der Waals surface area contributed by atoms with Gasteiger partial charge in [0, 0.05) is 38.4 Å². The quantitative estimate of drug-likeness (QED) is 0.924. The van der Waals surface area contributed by atoms with Gasteiger partial charge in [0.25, 0.3) is 5.91 Å². The molecule has 0 bridgehead atoms. The van der Waals surface area contributed by atoms with Crippen LogP contribution in [0.25, 0.3) is 0 Å². The molecule has 2 heterocycles. The number of aromatic nitrogens is 2. The maximum Gasteiger partial charge on any atom is 0.272 e. The molecule has 1 amide bonds. The normalized spacial score (nSPS) is 15.2. The highest BCUT2D eigenvalue weighted by Crippen LogP contribution is 2.12. The van der Waals surface area contributed by atoms with E-state index in [0.29, 0.717) is 18.2 Å². The second-order valence-electron chi connectivity index (χ2n) is 6.66. The number of rotatable bonds is 4. The minimum absolute atomic E-state index is 0.0165. The smallest absolute Gasteiger partial charge is 0.272 e. The zero-order valence-corrected chi connectivity index (χ0v) is 15.1. The van der Waals surface area contributed by atoms with Gasteiger partial charge in [-0.3, -0.25) is 4.79 Å². The average molecular weight is 339 g/mol. The van der Waals surface area contributed by atoms with Crippen LogP contribution >= 0.6 is 0 Å². The maximum atomic E-state index is 12.7. The predicted octanol–water partition coefficient (Wildman–Crippen LogP) is 2.09. The Bertz CT molecular complexity index is 753. The van der Waals surface area contributed by atoms with E-state index in [4.69, 9.17) is 0 Å². The fraction of sp³-hybridized carbons (Fsp3) is 0.421. The topological polar surface area (TPSA) is 61.4 Å². The van der Waals surface area contributed by atoms with Crippen molar-refractivity contribution in [2.24, 2.45) is 0 Å². The molecular formula is C19H25N5O. The number of carbonyl (C=O) groups excluding carboxylic acids is 1. The number of hydrogen-bond acceptors (Lipinski definition) is 5. The number of likely N-dealkylation sites (N-methyl/N-ethyl adjacent to an activating group) is 1. The molecule has 1 aliphatic rings. The van der Waals surface area contributed by atoms with Crippen LogP contribution in [-0.4, -0.2) is 58.9 Å². The summed E-state index contributed by atoms with van der Waals surface area (Å²) < 4.78 is 0. The monoisotopic (exact) mass is 339 g/mol. The Balaban J connectivity index is 1.70. The Morgan fingerprint density at radius 1 is 1.12 bits per heavy atom. The molecule has 3 rings (SSSR count). The largest absolute Gasteiger partial charge is 0.350 e. The van der Waals surface area contributed by atoms with Crippen molar-refractivity contribution in [3.8, 4) is 0 Å². The molecule has 1 aromatic carbocycles. The first kappa shape index (κ1) is 17.4. The van der Waals surface area contributed by atoms with Crippen LogP contribution in [0, 0.1) is 13.8 Å². The summed E-state index contributed by atoms with van der Waals surface area (Å²) in [6.07, 6.45) is 0. The number of amides is 1. The zero-order valence-electron chi connectivity index (χ0n) is 15.1. The lowest BCUT2D eigenvalue weighted by atomic mass is 10.1. The van der Waals surface area contributed by atoms with Crippen molar-refractivity contribution in [1.82, 2.24) is 19.8 Å². The number of aryl methyl sites for hydroxylation is 2. The molecule has 0 radical (unpaired) electrons. The maximum absolute atomic E-state index is 12.7. The molecule has 0 saturated carbocycles. The van der Waals surface area contributed by atoms with E-state index in [1.165, 1.54) is 5.56 Å². The molecule has 0 spiro atoms. The molecule has 1 aliphatic heterocycles. The number of nitrogens with zero attached hydrogens (tertiary/aromatic N) is 4. The number of carbonyl (C=O) groups is 1. The molecule has 1 aromatic heterocycles. The molecule has 1 fully saturated rings. The molecule has 25 heavy (non-hydrogen) atoms. The third kappa shape index (κ3) is 4.54. The molecule has 0 aliphatic carbocycles. The SMILES string of the molecule is Cc1cccc(CNc2nc(C)cc(C(=O)N3CCN(C)CC3)n2)c1. The molecule has 0 atom stereocenters. The Hall–Kier alpha value is -2.47. The summed E-state index contributed by atoms with van der Waals surface area (Å²) in [5.74, 6) is 0.483. The summed E-state index contributed by atoms with van der Waals surface area (Å²) in [5.41, 5.74) is 3.63. The van der Waals surface area contributed by atoms with Gasteiger partial charge >= 0.3 is 0 Å². The van der Waals surface area contributed by atoms with Crippen LogP contribution in [0.5, 0.6) is 0 Å². The van der Waals surface area contributed by atoms with Gasteiger partial charge in [-0.25, -0.2) is 9.97 Å². The zero-order chi connectivity index (χ0) is 17.8. The van der Waals surface area contributed by atoms with E-state index in [-0.39, 0.29) is 5.91 Å². The van der Waals surface area contributed by atoms with Gasteiger partial charge in [0.2, 0.25) is 5.95 Å². The number of anilines is 1. The van der Waals surface area contributed by atoms with Crippen molar-refractivity contribution in [2.45, 2.75) is 20.4 Å². The molecule has 2 aromatic rings. The van der Waals surface area contributed by atoms with E-state index in [2.05, 4.69) is 52.4 Å². The van der Waals surface area contributed by atoms with Crippen LogP contribution < -0.4 is 5.32 Å². The molecule has 6 heteroatoms. The second kappa shape index (κ2) is 7.61. The summed E-state index contributed by atoms with van der Waals surface area (Å²) in [7, 11) is 2.07. The summed E-state index contributed by atoms with van der Waals surface area (Å²) in [6, 6.07) is 10.1. The summed E-state index contributed by atoms with van der Waals surface area (Å²) in [4.78, 5) is 25.7. The first-order valence-electron chi connectivity index (χ1n) is 8.64. The molecule has 1 N–H and O–H groups in total. The number of piperazine rings is 1. The van der Waals surface area contributed by atoms with E-state index in [1.807, 2.05) is 17.9 Å².